The summed E-state index contributed by atoms with van der Waals surface area (Å²) in [5.74, 6) is -2.22. The second-order valence-electron chi connectivity index (χ2n) is 5.56. The lowest BCUT2D eigenvalue weighted by atomic mass is 9.99. The van der Waals surface area contributed by atoms with Crippen LogP contribution < -0.4 is 0 Å². The van der Waals surface area contributed by atoms with E-state index >= 15 is 0 Å². The van der Waals surface area contributed by atoms with Crippen LogP contribution in [0.3, 0.4) is 0 Å². The van der Waals surface area contributed by atoms with Gasteiger partial charge in [0.15, 0.2) is 6.29 Å². The highest BCUT2D eigenvalue weighted by Crippen LogP contribution is 2.35. The van der Waals surface area contributed by atoms with Crippen molar-refractivity contribution in [1.82, 2.24) is 0 Å². The molecule has 0 radical (unpaired) electrons. The molecule has 0 unspecified atom stereocenters. The quantitative estimate of drug-likeness (QED) is 0.238. The van der Waals surface area contributed by atoms with Crippen LogP contribution in [0.15, 0.2) is 0 Å². The molecule has 0 spiro atoms. The van der Waals surface area contributed by atoms with Crippen molar-refractivity contribution < 1.29 is 55.1 Å². The van der Waals surface area contributed by atoms with Crippen molar-refractivity contribution >= 4 is 0 Å². The predicted molar refractivity (Wildman–Crippen MR) is 68.6 cm³/mol. The largest absolute Gasteiger partial charge is 0.394 e. The molecule has 2 heterocycles. The number of aliphatic hydroxyl groups excluding tert-OH is 8. The first-order valence-corrected chi connectivity index (χ1v) is 7.05. The predicted octanol–water partition coefficient (Wildman–Crippen LogP) is -5.40. The molecule has 136 valence electrons. The molecular weight excluding hydrogens is 320 g/mol. The summed E-state index contributed by atoms with van der Waals surface area (Å²) < 4.78 is 15.4. The van der Waals surface area contributed by atoms with Gasteiger partial charge in [0.25, 0.3) is 0 Å². The summed E-state index contributed by atoms with van der Waals surface area (Å²) >= 11 is 0. The van der Waals surface area contributed by atoms with Crippen molar-refractivity contribution in [3.8, 4) is 0 Å². The molecule has 2 aliphatic heterocycles. The summed E-state index contributed by atoms with van der Waals surface area (Å²) in [5, 5.41) is 76.7. The van der Waals surface area contributed by atoms with Crippen molar-refractivity contribution in [2.45, 2.75) is 54.8 Å². The maximum Gasteiger partial charge on any atom is 0.224 e. The van der Waals surface area contributed by atoms with Gasteiger partial charge in [0, 0.05) is 0 Å². The summed E-state index contributed by atoms with van der Waals surface area (Å²) in [4.78, 5) is 0. The molecule has 2 aliphatic rings. The molecule has 2 saturated heterocycles. The SMILES string of the molecule is OC[C@@H]1O[C@](CO)(O[C@@H]2O[C@@H](CO)[C@@H](O)[C@H](O)[C@@H]2O)[C@H](O)[C@@H]1O. The average molecular weight is 342 g/mol. The highest BCUT2D eigenvalue weighted by molar-refractivity contribution is 4.98. The van der Waals surface area contributed by atoms with E-state index in [4.69, 9.17) is 24.4 Å². The second kappa shape index (κ2) is 7.21. The van der Waals surface area contributed by atoms with Crippen molar-refractivity contribution in [2.75, 3.05) is 19.8 Å². The molecule has 0 bridgehead atoms. The van der Waals surface area contributed by atoms with E-state index < -0.39 is 74.6 Å². The monoisotopic (exact) mass is 342 g/mol. The maximum absolute atomic E-state index is 10.00. The molecule has 0 amide bonds. The van der Waals surface area contributed by atoms with Gasteiger partial charge in [0.1, 0.15) is 49.3 Å². The van der Waals surface area contributed by atoms with Gasteiger partial charge in [0.05, 0.1) is 13.2 Å². The van der Waals surface area contributed by atoms with Crippen LogP contribution in [0.4, 0.5) is 0 Å². The van der Waals surface area contributed by atoms with Crippen molar-refractivity contribution in [3.63, 3.8) is 0 Å². The van der Waals surface area contributed by atoms with Gasteiger partial charge in [-0.05, 0) is 0 Å². The summed E-state index contributed by atoms with van der Waals surface area (Å²) in [6.07, 6.45) is -12.7. The van der Waals surface area contributed by atoms with Crippen LogP contribution in [0.25, 0.3) is 0 Å². The van der Waals surface area contributed by atoms with Gasteiger partial charge >= 0.3 is 0 Å². The first-order valence-electron chi connectivity index (χ1n) is 7.05. The van der Waals surface area contributed by atoms with Gasteiger partial charge in [-0.3, -0.25) is 0 Å². The zero-order valence-corrected chi connectivity index (χ0v) is 12.0. The fourth-order valence-corrected chi connectivity index (χ4v) is 2.63. The number of ether oxygens (including phenoxy) is 3. The van der Waals surface area contributed by atoms with Crippen LogP contribution >= 0.6 is 0 Å². The van der Waals surface area contributed by atoms with E-state index in [0.717, 1.165) is 0 Å². The lowest BCUT2D eigenvalue weighted by Gasteiger charge is -2.43. The summed E-state index contributed by atoms with van der Waals surface area (Å²) in [5.41, 5.74) is 0. The van der Waals surface area contributed by atoms with Crippen LogP contribution in [0.5, 0.6) is 0 Å². The Hall–Kier alpha value is -0.440. The van der Waals surface area contributed by atoms with Gasteiger partial charge in [-0.2, -0.15) is 0 Å². The third kappa shape index (κ3) is 3.23. The molecule has 9 atom stereocenters. The molecular formula is C12H22O11. The smallest absolute Gasteiger partial charge is 0.224 e. The average Bonchev–Trinajstić information content (AvgIpc) is 2.80. The third-order valence-electron chi connectivity index (χ3n) is 4.07. The molecule has 0 aromatic rings. The standard InChI is InChI=1S/C12H22O11/c13-1-4-6(16)8(18)9(19)11(21-4)23-12(3-15)10(20)7(17)5(2-14)22-12/h4-11,13-20H,1-3H2/t4-,5-,6+,7+,8-,9-,10+,11-,12+/m0/s1. The normalized spacial score (nSPS) is 51.1. The van der Waals surface area contributed by atoms with E-state index in [9.17, 15) is 30.6 Å². The van der Waals surface area contributed by atoms with Crippen LogP contribution in [0, 0.1) is 0 Å². The number of hydrogen-bond acceptors (Lipinski definition) is 11. The van der Waals surface area contributed by atoms with Crippen molar-refractivity contribution in [3.05, 3.63) is 0 Å². The first kappa shape index (κ1) is 18.9. The van der Waals surface area contributed by atoms with Crippen molar-refractivity contribution in [2.24, 2.45) is 0 Å². The molecule has 2 fully saturated rings. The maximum atomic E-state index is 10.00. The zero-order chi connectivity index (χ0) is 17.4. The van der Waals surface area contributed by atoms with E-state index in [2.05, 4.69) is 0 Å². The summed E-state index contributed by atoms with van der Waals surface area (Å²) in [6.45, 7) is -2.32. The van der Waals surface area contributed by atoms with E-state index in [0.29, 0.717) is 0 Å². The molecule has 2 rings (SSSR count). The minimum atomic E-state index is -2.22. The zero-order valence-electron chi connectivity index (χ0n) is 12.0. The van der Waals surface area contributed by atoms with E-state index in [-0.39, 0.29) is 0 Å². The Morgan fingerprint density at radius 2 is 1.39 bits per heavy atom. The fraction of sp³-hybridized carbons (Fsp3) is 1.00. The van der Waals surface area contributed by atoms with Gasteiger partial charge in [-0.15, -0.1) is 0 Å². The Morgan fingerprint density at radius 3 is 1.87 bits per heavy atom. The van der Waals surface area contributed by atoms with E-state index in [1.807, 2.05) is 0 Å². The Kier molecular flexibility index (Phi) is 5.92. The number of aliphatic hydroxyl groups is 8. The number of rotatable bonds is 5. The molecule has 11 nitrogen and oxygen atoms in total. The topological polar surface area (TPSA) is 190 Å². The van der Waals surface area contributed by atoms with Crippen LogP contribution in [-0.4, -0.2) is 115 Å². The third-order valence-corrected chi connectivity index (χ3v) is 4.07. The van der Waals surface area contributed by atoms with Gasteiger partial charge < -0.3 is 55.1 Å². The fourth-order valence-electron chi connectivity index (χ4n) is 2.63. The minimum absolute atomic E-state index is 0.669. The van der Waals surface area contributed by atoms with Gasteiger partial charge in [-0.25, -0.2) is 0 Å². The lowest BCUT2D eigenvalue weighted by Crippen LogP contribution is -2.62. The molecule has 0 aliphatic carbocycles. The first-order chi connectivity index (χ1) is 10.8. The molecule has 0 aromatic carbocycles. The Bertz CT molecular complexity index is 393. The highest BCUT2D eigenvalue weighted by atomic mass is 16.8. The van der Waals surface area contributed by atoms with E-state index in [1.54, 1.807) is 0 Å². The van der Waals surface area contributed by atoms with Gasteiger partial charge in [-0.1, -0.05) is 0 Å². The Labute approximate surface area is 130 Å². The Morgan fingerprint density at radius 1 is 0.783 bits per heavy atom. The van der Waals surface area contributed by atoms with Crippen LogP contribution in [-0.2, 0) is 14.2 Å². The molecule has 8 N–H and O–H groups in total. The number of hydrogen-bond donors (Lipinski definition) is 8. The minimum Gasteiger partial charge on any atom is -0.394 e. The molecule has 0 saturated carbocycles. The lowest BCUT2D eigenvalue weighted by molar-refractivity contribution is -0.383. The Balaban J connectivity index is 2.18. The second-order valence-corrected chi connectivity index (χ2v) is 5.56. The van der Waals surface area contributed by atoms with Crippen molar-refractivity contribution in [1.29, 1.82) is 0 Å². The van der Waals surface area contributed by atoms with Gasteiger partial charge in [0.2, 0.25) is 5.79 Å². The van der Waals surface area contributed by atoms with E-state index in [1.165, 1.54) is 0 Å². The molecule has 11 heteroatoms. The molecule has 23 heavy (non-hydrogen) atoms. The summed E-state index contributed by atoms with van der Waals surface area (Å²) in [7, 11) is 0. The van der Waals surface area contributed by atoms with Crippen LogP contribution in [0.1, 0.15) is 0 Å². The molecule has 0 aromatic heterocycles. The summed E-state index contributed by atoms with van der Waals surface area (Å²) in [6, 6.07) is 0. The highest BCUT2D eigenvalue weighted by Gasteiger charge is 2.58. The van der Waals surface area contributed by atoms with Crippen LogP contribution in [0.2, 0.25) is 0 Å².